The van der Waals surface area contributed by atoms with Crippen LogP contribution in [0.3, 0.4) is 0 Å². The summed E-state index contributed by atoms with van der Waals surface area (Å²) in [5.41, 5.74) is 7.32. The van der Waals surface area contributed by atoms with Crippen LogP contribution in [-0.2, 0) is 0 Å². The molecule has 0 unspecified atom stereocenters. The zero-order chi connectivity index (χ0) is 19.5. The van der Waals surface area contributed by atoms with Gasteiger partial charge in [0.05, 0.1) is 0 Å². The number of para-hydroxylation sites is 2. The monoisotopic (exact) mass is 373 g/mol. The van der Waals surface area contributed by atoms with Crippen molar-refractivity contribution in [3.05, 3.63) is 114 Å². The van der Waals surface area contributed by atoms with Gasteiger partial charge >= 0.3 is 0 Å². The van der Waals surface area contributed by atoms with Crippen LogP contribution >= 0.6 is 0 Å². The Kier molecular flexibility index (Phi) is 4.51. The van der Waals surface area contributed by atoms with Crippen LogP contribution in [-0.4, -0.2) is 4.98 Å². The van der Waals surface area contributed by atoms with E-state index in [1.54, 1.807) is 0 Å². The molecule has 0 aliphatic heterocycles. The molecule has 29 heavy (non-hydrogen) atoms. The van der Waals surface area contributed by atoms with Crippen molar-refractivity contribution in [1.29, 1.82) is 0 Å². The SMILES string of the molecule is C(=C\c1ccccc1-c1nc2ccccc2o1)/c1ccccc1-c1ccccc1. The largest absolute Gasteiger partial charge is 0.436 e. The second kappa shape index (κ2) is 7.61. The third-order valence-corrected chi connectivity index (χ3v) is 4.97. The lowest BCUT2D eigenvalue weighted by atomic mass is 9.98. The minimum Gasteiger partial charge on any atom is -0.436 e. The summed E-state index contributed by atoms with van der Waals surface area (Å²) in [6.45, 7) is 0. The van der Waals surface area contributed by atoms with E-state index >= 15 is 0 Å². The number of hydrogen-bond acceptors (Lipinski definition) is 2. The highest BCUT2D eigenvalue weighted by molar-refractivity contribution is 5.85. The zero-order valence-corrected chi connectivity index (χ0v) is 15.8. The molecule has 1 aromatic heterocycles. The van der Waals surface area contributed by atoms with Gasteiger partial charge in [-0.1, -0.05) is 97.1 Å². The summed E-state index contributed by atoms with van der Waals surface area (Å²) in [4.78, 5) is 4.66. The number of fused-ring (bicyclic) bond motifs is 1. The Hall–Kier alpha value is -3.91. The first-order chi connectivity index (χ1) is 14.4. The van der Waals surface area contributed by atoms with Crippen LogP contribution in [0.25, 0.3) is 45.8 Å². The highest BCUT2D eigenvalue weighted by Crippen LogP contribution is 2.29. The van der Waals surface area contributed by atoms with Crippen LogP contribution in [0.4, 0.5) is 0 Å². The first-order valence-corrected chi connectivity index (χ1v) is 9.66. The van der Waals surface area contributed by atoms with Gasteiger partial charge in [-0.05, 0) is 40.5 Å². The van der Waals surface area contributed by atoms with Crippen molar-refractivity contribution in [3.8, 4) is 22.6 Å². The number of oxazole rings is 1. The molecule has 5 aromatic rings. The fourth-order valence-corrected chi connectivity index (χ4v) is 3.53. The normalized spacial score (nSPS) is 11.3. The van der Waals surface area contributed by atoms with Gasteiger partial charge < -0.3 is 4.42 Å². The van der Waals surface area contributed by atoms with Crippen molar-refractivity contribution in [2.75, 3.05) is 0 Å². The Bertz CT molecular complexity index is 1270. The molecule has 138 valence electrons. The van der Waals surface area contributed by atoms with Crippen LogP contribution in [0.1, 0.15) is 11.1 Å². The van der Waals surface area contributed by atoms with Crippen molar-refractivity contribution >= 4 is 23.3 Å². The molecule has 0 bridgehead atoms. The topological polar surface area (TPSA) is 26.0 Å². The van der Waals surface area contributed by atoms with Crippen molar-refractivity contribution in [2.45, 2.75) is 0 Å². The molecule has 0 spiro atoms. The van der Waals surface area contributed by atoms with E-state index in [0.717, 1.165) is 22.2 Å². The number of hydrogen-bond donors (Lipinski definition) is 0. The average molecular weight is 373 g/mol. The number of aromatic nitrogens is 1. The smallest absolute Gasteiger partial charge is 0.227 e. The lowest BCUT2D eigenvalue weighted by Crippen LogP contribution is -1.84. The van der Waals surface area contributed by atoms with E-state index in [4.69, 9.17) is 4.42 Å². The van der Waals surface area contributed by atoms with Crippen LogP contribution in [0.2, 0.25) is 0 Å². The molecule has 4 aromatic carbocycles. The molecule has 0 saturated carbocycles. The summed E-state index contributed by atoms with van der Waals surface area (Å²) < 4.78 is 5.99. The Morgan fingerprint density at radius 3 is 1.90 bits per heavy atom. The molecule has 0 radical (unpaired) electrons. The van der Waals surface area contributed by atoms with Gasteiger partial charge in [-0.3, -0.25) is 0 Å². The fourth-order valence-electron chi connectivity index (χ4n) is 3.53. The van der Waals surface area contributed by atoms with E-state index < -0.39 is 0 Å². The van der Waals surface area contributed by atoms with Gasteiger partial charge in [-0.15, -0.1) is 0 Å². The third-order valence-electron chi connectivity index (χ3n) is 4.97. The van der Waals surface area contributed by atoms with Crippen LogP contribution in [0.15, 0.2) is 108 Å². The summed E-state index contributed by atoms with van der Waals surface area (Å²) >= 11 is 0. The maximum absolute atomic E-state index is 5.99. The summed E-state index contributed by atoms with van der Waals surface area (Å²) in [5, 5.41) is 0. The minimum atomic E-state index is 0.641. The Labute approximate surface area is 169 Å². The van der Waals surface area contributed by atoms with Gasteiger partial charge in [0.15, 0.2) is 5.58 Å². The van der Waals surface area contributed by atoms with Crippen LogP contribution in [0.5, 0.6) is 0 Å². The first kappa shape index (κ1) is 17.2. The van der Waals surface area contributed by atoms with Crippen molar-refractivity contribution in [1.82, 2.24) is 4.98 Å². The molecule has 0 atom stereocenters. The van der Waals surface area contributed by atoms with E-state index in [1.165, 1.54) is 16.7 Å². The molecular weight excluding hydrogens is 354 g/mol. The Morgan fingerprint density at radius 2 is 1.14 bits per heavy atom. The van der Waals surface area contributed by atoms with Crippen LogP contribution in [0, 0.1) is 0 Å². The summed E-state index contributed by atoms with van der Waals surface area (Å²) in [5.74, 6) is 0.641. The molecule has 0 fully saturated rings. The minimum absolute atomic E-state index is 0.641. The maximum Gasteiger partial charge on any atom is 0.227 e. The molecule has 2 nitrogen and oxygen atoms in total. The van der Waals surface area contributed by atoms with E-state index in [1.807, 2.05) is 48.5 Å². The second-order valence-corrected chi connectivity index (χ2v) is 6.86. The molecular formula is C27H19NO. The van der Waals surface area contributed by atoms with E-state index in [2.05, 4.69) is 71.7 Å². The molecule has 2 heteroatoms. The number of nitrogens with zero attached hydrogens (tertiary/aromatic N) is 1. The zero-order valence-electron chi connectivity index (χ0n) is 15.8. The summed E-state index contributed by atoms with van der Waals surface area (Å²) in [7, 11) is 0. The number of benzene rings is 4. The van der Waals surface area contributed by atoms with Gasteiger partial charge in [0, 0.05) is 5.56 Å². The maximum atomic E-state index is 5.99. The lowest BCUT2D eigenvalue weighted by molar-refractivity contribution is 0.619. The van der Waals surface area contributed by atoms with Gasteiger partial charge in [0.1, 0.15) is 5.52 Å². The van der Waals surface area contributed by atoms with E-state index in [-0.39, 0.29) is 0 Å². The first-order valence-electron chi connectivity index (χ1n) is 9.66. The molecule has 1 heterocycles. The van der Waals surface area contributed by atoms with Gasteiger partial charge in [0.25, 0.3) is 0 Å². The van der Waals surface area contributed by atoms with E-state index in [9.17, 15) is 0 Å². The van der Waals surface area contributed by atoms with Crippen molar-refractivity contribution < 1.29 is 4.42 Å². The fraction of sp³-hybridized carbons (Fsp3) is 0. The highest BCUT2D eigenvalue weighted by atomic mass is 16.3. The predicted octanol–water partition coefficient (Wildman–Crippen LogP) is 7.33. The third kappa shape index (κ3) is 3.48. The molecule has 5 rings (SSSR count). The standard InChI is InChI=1S/C27H19NO/c1-2-10-20(11-3-1)23-14-6-4-12-21(23)18-19-22-13-5-7-15-24(22)27-28-25-16-8-9-17-26(25)29-27/h1-19H/b19-18+. The molecule has 0 N–H and O–H groups in total. The summed E-state index contributed by atoms with van der Waals surface area (Å²) in [6, 6.07) is 34.9. The second-order valence-electron chi connectivity index (χ2n) is 6.86. The molecule has 0 amide bonds. The Morgan fingerprint density at radius 1 is 0.552 bits per heavy atom. The Balaban J connectivity index is 1.55. The molecule has 0 saturated heterocycles. The van der Waals surface area contributed by atoms with Crippen LogP contribution < -0.4 is 0 Å². The highest BCUT2D eigenvalue weighted by Gasteiger charge is 2.10. The van der Waals surface area contributed by atoms with Crippen molar-refractivity contribution in [2.24, 2.45) is 0 Å². The molecule has 0 aliphatic rings. The lowest BCUT2D eigenvalue weighted by Gasteiger charge is -2.07. The van der Waals surface area contributed by atoms with Gasteiger partial charge in [-0.2, -0.15) is 0 Å². The average Bonchev–Trinajstić information content (AvgIpc) is 3.23. The van der Waals surface area contributed by atoms with Crippen molar-refractivity contribution in [3.63, 3.8) is 0 Å². The van der Waals surface area contributed by atoms with Gasteiger partial charge in [0.2, 0.25) is 5.89 Å². The van der Waals surface area contributed by atoms with Gasteiger partial charge in [-0.25, -0.2) is 4.98 Å². The van der Waals surface area contributed by atoms with E-state index in [0.29, 0.717) is 5.89 Å². The predicted molar refractivity (Wildman–Crippen MR) is 120 cm³/mol. The summed E-state index contributed by atoms with van der Waals surface area (Å²) in [6.07, 6.45) is 4.29. The number of rotatable bonds is 4. The quantitative estimate of drug-likeness (QED) is 0.308. The molecule has 0 aliphatic carbocycles.